The van der Waals surface area contributed by atoms with Crippen LogP contribution in [0, 0.1) is 24.7 Å². The molecule has 2 amide bonds. The predicted molar refractivity (Wildman–Crippen MR) is 132 cm³/mol. The van der Waals surface area contributed by atoms with Gasteiger partial charge in [-0.15, -0.1) is 11.3 Å². The summed E-state index contributed by atoms with van der Waals surface area (Å²) >= 11 is 1.59. The molecule has 35 heavy (non-hydrogen) atoms. The van der Waals surface area contributed by atoms with E-state index >= 15 is 0 Å². The number of carbonyl (C=O) groups is 2. The number of aromatic nitrogens is 2. The predicted octanol–water partition coefficient (Wildman–Crippen LogP) is 2.59. The first-order chi connectivity index (χ1) is 17.0. The minimum atomic E-state index is -0.854. The van der Waals surface area contributed by atoms with Gasteiger partial charge >= 0.3 is 0 Å². The van der Waals surface area contributed by atoms with E-state index in [2.05, 4.69) is 27.1 Å². The highest BCUT2D eigenvalue weighted by Gasteiger charge is 2.31. The van der Waals surface area contributed by atoms with Crippen molar-refractivity contribution < 1.29 is 19.1 Å². The topological polar surface area (TPSA) is 93.7 Å². The lowest BCUT2D eigenvalue weighted by Gasteiger charge is -2.21. The van der Waals surface area contributed by atoms with E-state index in [0.29, 0.717) is 31.1 Å². The van der Waals surface area contributed by atoms with E-state index in [0.717, 1.165) is 21.8 Å². The van der Waals surface area contributed by atoms with Gasteiger partial charge in [0.2, 0.25) is 0 Å². The Morgan fingerprint density at radius 1 is 1.26 bits per heavy atom. The number of nitrogens with zero attached hydrogens (tertiary/aromatic N) is 3. The Hall–Kier alpha value is -3.74. The first kappa shape index (κ1) is 23.0. The van der Waals surface area contributed by atoms with E-state index < -0.39 is 11.9 Å². The van der Waals surface area contributed by atoms with Gasteiger partial charge in [0.05, 0.1) is 35.5 Å². The molecule has 0 spiro atoms. The molecule has 5 rings (SSSR count). The lowest BCUT2D eigenvalue weighted by atomic mass is 10.1. The van der Waals surface area contributed by atoms with Crippen LogP contribution in [-0.4, -0.2) is 54.7 Å². The smallest absolute Gasteiger partial charge is 0.270 e. The average Bonchev–Trinajstić information content (AvgIpc) is 3.19. The second-order valence-corrected chi connectivity index (χ2v) is 9.57. The number of aryl methyl sites for hydroxylation is 1. The summed E-state index contributed by atoms with van der Waals surface area (Å²) < 4.78 is 11.0. The van der Waals surface area contributed by atoms with E-state index in [1.807, 2.05) is 30.5 Å². The minimum absolute atomic E-state index is 0.0180. The van der Waals surface area contributed by atoms with Crippen LogP contribution in [0.4, 0.5) is 5.69 Å². The number of hydrogen-bond donors (Lipinski definition) is 1. The Balaban J connectivity index is 1.28. The number of likely N-dealkylation sites (N-methyl/N-ethyl adjacent to an activating group) is 1. The number of benzene rings is 1. The van der Waals surface area contributed by atoms with Gasteiger partial charge in [0.25, 0.3) is 11.8 Å². The Kier molecular flexibility index (Phi) is 6.49. The maximum atomic E-state index is 13.2. The van der Waals surface area contributed by atoms with Gasteiger partial charge in [-0.2, -0.15) is 0 Å². The lowest BCUT2D eigenvalue weighted by Crippen LogP contribution is -2.49. The van der Waals surface area contributed by atoms with Crippen LogP contribution in [0.3, 0.4) is 0 Å². The second kappa shape index (κ2) is 9.86. The van der Waals surface area contributed by atoms with Gasteiger partial charge in [0.15, 0.2) is 0 Å². The number of thiazole rings is 1. The van der Waals surface area contributed by atoms with Crippen LogP contribution in [0.15, 0.2) is 41.9 Å². The molecule has 1 saturated heterocycles. The molecule has 0 aliphatic carbocycles. The standard InChI is InChI=1S/C26H24N4O4S/c1-16-28-20(15-35-16)9-18-7-8-27-21(10-18)25(31)29-22-14-34-24-6-5-17(3-4-19-12-33-13-19)11-23(24)30(2)26(22)32/h5-8,10-11,15,19,22H,9,12-14H2,1-2H3,(H,29,31)/t22-/m0/s1. The van der Waals surface area contributed by atoms with E-state index in [4.69, 9.17) is 9.47 Å². The van der Waals surface area contributed by atoms with Crippen LogP contribution in [0.2, 0.25) is 0 Å². The molecule has 8 nitrogen and oxygen atoms in total. The van der Waals surface area contributed by atoms with Gasteiger partial charge in [0, 0.05) is 30.6 Å². The van der Waals surface area contributed by atoms with Gasteiger partial charge in [-0.05, 0) is 42.8 Å². The molecular formula is C26H24N4O4S. The van der Waals surface area contributed by atoms with Gasteiger partial charge < -0.3 is 19.7 Å². The van der Waals surface area contributed by atoms with E-state index in [1.54, 1.807) is 36.7 Å². The fourth-order valence-corrected chi connectivity index (χ4v) is 4.44. The Morgan fingerprint density at radius 3 is 2.86 bits per heavy atom. The maximum Gasteiger partial charge on any atom is 0.270 e. The Bertz CT molecular complexity index is 1340. The number of fused-ring (bicyclic) bond motifs is 1. The van der Waals surface area contributed by atoms with Crippen LogP contribution in [0.5, 0.6) is 5.75 Å². The molecule has 2 aromatic heterocycles. The number of pyridine rings is 1. The highest BCUT2D eigenvalue weighted by atomic mass is 32.1. The summed E-state index contributed by atoms with van der Waals surface area (Å²) in [6, 6.07) is 8.22. The first-order valence-electron chi connectivity index (χ1n) is 11.3. The Labute approximate surface area is 207 Å². The highest BCUT2D eigenvalue weighted by Crippen LogP contribution is 2.31. The molecule has 1 aromatic carbocycles. The largest absolute Gasteiger partial charge is 0.489 e. The fourth-order valence-electron chi connectivity index (χ4n) is 3.82. The number of amides is 2. The molecule has 0 radical (unpaired) electrons. The zero-order chi connectivity index (χ0) is 24.4. The molecule has 4 heterocycles. The van der Waals surface area contributed by atoms with E-state index in [9.17, 15) is 9.59 Å². The molecule has 2 aliphatic heterocycles. The van der Waals surface area contributed by atoms with Crippen molar-refractivity contribution in [2.24, 2.45) is 5.92 Å². The molecule has 1 atom stereocenters. The van der Waals surface area contributed by atoms with Crippen molar-refractivity contribution in [3.8, 4) is 17.6 Å². The number of hydrogen-bond acceptors (Lipinski definition) is 7. The number of ether oxygens (including phenoxy) is 2. The lowest BCUT2D eigenvalue weighted by molar-refractivity contribution is -0.120. The molecule has 0 bridgehead atoms. The van der Waals surface area contributed by atoms with Crippen molar-refractivity contribution in [1.29, 1.82) is 0 Å². The van der Waals surface area contributed by atoms with E-state index in [1.165, 1.54) is 4.90 Å². The van der Waals surface area contributed by atoms with Crippen molar-refractivity contribution in [3.05, 3.63) is 69.4 Å². The number of anilines is 1. The Morgan fingerprint density at radius 2 is 2.11 bits per heavy atom. The minimum Gasteiger partial charge on any atom is -0.489 e. The third-order valence-electron chi connectivity index (χ3n) is 5.83. The summed E-state index contributed by atoms with van der Waals surface area (Å²) in [4.78, 5) is 36.3. The molecule has 9 heteroatoms. The number of carbonyl (C=O) groups excluding carboxylic acids is 2. The van der Waals surface area contributed by atoms with Gasteiger partial charge in [-0.1, -0.05) is 11.8 Å². The molecule has 1 N–H and O–H groups in total. The zero-order valence-electron chi connectivity index (χ0n) is 19.4. The van der Waals surface area contributed by atoms with Crippen molar-refractivity contribution in [2.45, 2.75) is 19.4 Å². The summed E-state index contributed by atoms with van der Waals surface area (Å²) in [5.41, 5.74) is 3.51. The third-order valence-corrected chi connectivity index (χ3v) is 6.65. The molecule has 3 aromatic rings. The van der Waals surface area contributed by atoms with Crippen LogP contribution in [0.1, 0.15) is 32.3 Å². The molecule has 0 saturated carbocycles. The second-order valence-electron chi connectivity index (χ2n) is 8.50. The summed E-state index contributed by atoms with van der Waals surface area (Å²) in [5.74, 6) is 6.41. The SMILES string of the molecule is Cc1nc(Cc2ccnc(C(=O)N[C@H]3COc4ccc(C#CC5COC5)cc4N(C)C3=O)c2)cs1. The molecule has 0 unspecified atom stereocenters. The fraction of sp³-hybridized carbons (Fsp3) is 0.308. The van der Waals surface area contributed by atoms with Gasteiger partial charge in [-0.25, -0.2) is 4.98 Å². The summed E-state index contributed by atoms with van der Waals surface area (Å²) in [5, 5.41) is 5.78. The van der Waals surface area contributed by atoms with Crippen molar-refractivity contribution in [1.82, 2.24) is 15.3 Å². The summed E-state index contributed by atoms with van der Waals surface area (Å²) in [6.07, 6.45) is 2.20. The average molecular weight is 489 g/mol. The summed E-state index contributed by atoms with van der Waals surface area (Å²) in [7, 11) is 1.67. The van der Waals surface area contributed by atoms with E-state index in [-0.39, 0.29) is 24.1 Å². The van der Waals surface area contributed by atoms with Crippen LogP contribution < -0.4 is 15.0 Å². The maximum absolute atomic E-state index is 13.2. The van der Waals surface area contributed by atoms with Gasteiger partial charge in [-0.3, -0.25) is 14.6 Å². The molecule has 178 valence electrons. The van der Waals surface area contributed by atoms with Gasteiger partial charge in [0.1, 0.15) is 24.1 Å². The monoisotopic (exact) mass is 488 g/mol. The number of rotatable bonds is 4. The van der Waals surface area contributed by atoms with Crippen LogP contribution in [0.25, 0.3) is 0 Å². The molecular weight excluding hydrogens is 464 g/mol. The third kappa shape index (κ3) is 5.19. The quantitative estimate of drug-likeness (QED) is 0.568. The number of nitrogens with one attached hydrogen (secondary N) is 1. The van der Waals surface area contributed by atoms with Crippen molar-refractivity contribution in [2.75, 3.05) is 31.8 Å². The van der Waals surface area contributed by atoms with Crippen LogP contribution >= 0.6 is 11.3 Å². The normalized spacial score (nSPS) is 17.4. The zero-order valence-corrected chi connectivity index (χ0v) is 20.2. The summed E-state index contributed by atoms with van der Waals surface area (Å²) in [6.45, 7) is 3.29. The first-order valence-corrected chi connectivity index (χ1v) is 12.1. The van der Waals surface area contributed by atoms with Crippen molar-refractivity contribution >= 4 is 28.8 Å². The van der Waals surface area contributed by atoms with Crippen LogP contribution in [-0.2, 0) is 16.0 Å². The molecule has 1 fully saturated rings. The van der Waals surface area contributed by atoms with Crippen molar-refractivity contribution in [3.63, 3.8) is 0 Å². The highest BCUT2D eigenvalue weighted by molar-refractivity contribution is 7.09. The molecule has 2 aliphatic rings.